The molecule has 0 aromatic heterocycles. The van der Waals surface area contributed by atoms with Gasteiger partial charge in [0.1, 0.15) is 11.6 Å². The molecule has 2 aliphatic heterocycles. The highest BCUT2D eigenvalue weighted by Crippen LogP contribution is 2.21. The van der Waals surface area contributed by atoms with Gasteiger partial charge in [0, 0.05) is 30.7 Å². The Bertz CT molecular complexity index is 500. The van der Waals surface area contributed by atoms with Gasteiger partial charge in [-0.2, -0.15) is 0 Å². The highest BCUT2D eigenvalue weighted by Gasteiger charge is 2.31. The Morgan fingerprint density at radius 2 is 1.90 bits per heavy atom. The molecule has 2 fully saturated rings. The summed E-state index contributed by atoms with van der Waals surface area (Å²) in [6.07, 6.45) is 2.95. The number of fused-ring (bicyclic) bond motifs is 2. The van der Waals surface area contributed by atoms with Gasteiger partial charge in [-0.1, -0.05) is 6.07 Å². The number of rotatable bonds is 2. The first-order valence-corrected chi connectivity index (χ1v) is 7.10. The lowest BCUT2D eigenvalue weighted by molar-refractivity contribution is -0.130. The molecule has 2 bridgehead atoms. The second-order valence-corrected chi connectivity index (χ2v) is 5.64. The van der Waals surface area contributed by atoms with E-state index >= 15 is 0 Å². The van der Waals surface area contributed by atoms with Crippen molar-refractivity contribution in [3.05, 3.63) is 35.4 Å². The first-order valence-electron chi connectivity index (χ1n) is 7.10. The first kappa shape index (κ1) is 13.5. The van der Waals surface area contributed by atoms with E-state index in [4.69, 9.17) is 0 Å². The third-order valence-corrected chi connectivity index (χ3v) is 4.27. The van der Waals surface area contributed by atoms with Gasteiger partial charge in [0.15, 0.2) is 0 Å². The van der Waals surface area contributed by atoms with Crippen LogP contribution in [0.15, 0.2) is 18.2 Å². The number of carbonyl (C=O) groups is 1. The van der Waals surface area contributed by atoms with Gasteiger partial charge in [0.05, 0.1) is 6.42 Å². The van der Waals surface area contributed by atoms with Crippen molar-refractivity contribution in [2.45, 2.75) is 37.8 Å². The molecule has 3 nitrogen and oxygen atoms in total. The molecule has 1 aromatic carbocycles. The zero-order chi connectivity index (χ0) is 14.1. The number of nitrogens with one attached hydrogen (secondary N) is 1. The van der Waals surface area contributed by atoms with Gasteiger partial charge >= 0.3 is 0 Å². The molecule has 5 heteroatoms. The lowest BCUT2D eigenvalue weighted by Crippen LogP contribution is -2.40. The number of halogens is 2. The minimum atomic E-state index is -0.646. The molecular weight excluding hydrogens is 262 g/mol. The summed E-state index contributed by atoms with van der Waals surface area (Å²) in [6.45, 7) is 1.31. The number of hydrogen-bond acceptors (Lipinski definition) is 2. The molecule has 2 heterocycles. The van der Waals surface area contributed by atoms with Crippen LogP contribution in [0.2, 0.25) is 0 Å². The van der Waals surface area contributed by atoms with Crippen molar-refractivity contribution in [3.63, 3.8) is 0 Å². The van der Waals surface area contributed by atoms with Gasteiger partial charge in [-0.25, -0.2) is 8.78 Å². The second-order valence-electron chi connectivity index (χ2n) is 5.64. The maximum absolute atomic E-state index is 13.6. The zero-order valence-electron chi connectivity index (χ0n) is 11.2. The van der Waals surface area contributed by atoms with Gasteiger partial charge < -0.3 is 10.2 Å². The molecule has 2 saturated heterocycles. The van der Waals surface area contributed by atoms with Crippen LogP contribution in [0, 0.1) is 11.6 Å². The maximum Gasteiger partial charge on any atom is 0.227 e. The van der Waals surface area contributed by atoms with E-state index in [1.54, 1.807) is 4.90 Å². The van der Waals surface area contributed by atoms with Gasteiger partial charge in [-0.05, 0) is 31.4 Å². The SMILES string of the molecule is O=C(Cc1c(F)cccc1F)N1CCC2CCC(C1)N2. The van der Waals surface area contributed by atoms with Gasteiger partial charge in [0.25, 0.3) is 0 Å². The highest BCUT2D eigenvalue weighted by atomic mass is 19.1. The monoisotopic (exact) mass is 280 g/mol. The number of amides is 1. The summed E-state index contributed by atoms with van der Waals surface area (Å²) >= 11 is 0. The summed E-state index contributed by atoms with van der Waals surface area (Å²) < 4.78 is 27.2. The van der Waals surface area contributed by atoms with E-state index in [9.17, 15) is 13.6 Å². The van der Waals surface area contributed by atoms with Crippen molar-refractivity contribution >= 4 is 5.91 Å². The fourth-order valence-corrected chi connectivity index (χ4v) is 3.13. The molecule has 108 valence electrons. The fourth-order valence-electron chi connectivity index (χ4n) is 3.13. The van der Waals surface area contributed by atoms with Crippen molar-refractivity contribution in [1.29, 1.82) is 0 Å². The Morgan fingerprint density at radius 3 is 2.65 bits per heavy atom. The molecule has 1 N–H and O–H groups in total. The van der Waals surface area contributed by atoms with Crippen molar-refractivity contribution in [1.82, 2.24) is 10.2 Å². The van der Waals surface area contributed by atoms with Crippen LogP contribution in [0.5, 0.6) is 0 Å². The number of nitrogens with zero attached hydrogens (tertiary/aromatic N) is 1. The Kier molecular flexibility index (Phi) is 3.70. The average molecular weight is 280 g/mol. The molecule has 20 heavy (non-hydrogen) atoms. The normalized spacial score (nSPS) is 25.6. The number of likely N-dealkylation sites (tertiary alicyclic amines) is 1. The Morgan fingerprint density at radius 1 is 1.20 bits per heavy atom. The molecule has 2 atom stereocenters. The lowest BCUT2D eigenvalue weighted by atomic mass is 10.1. The van der Waals surface area contributed by atoms with Crippen molar-refractivity contribution < 1.29 is 13.6 Å². The van der Waals surface area contributed by atoms with Crippen molar-refractivity contribution in [2.75, 3.05) is 13.1 Å². The topological polar surface area (TPSA) is 32.3 Å². The summed E-state index contributed by atoms with van der Waals surface area (Å²) in [5.41, 5.74) is -0.125. The van der Waals surface area contributed by atoms with Gasteiger partial charge in [-0.3, -0.25) is 4.79 Å². The van der Waals surface area contributed by atoms with E-state index < -0.39 is 11.6 Å². The predicted octanol–water partition coefficient (Wildman–Crippen LogP) is 1.86. The van der Waals surface area contributed by atoms with Crippen molar-refractivity contribution in [3.8, 4) is 0 Å². The van der Waals surface area contributed by atoms with Gasteiger partial charge in [-0.15, -0.1) is 0 Å². The van der Waals surface area contributed by atoms with E-state index in [1.165, 1.54) is 18.2 Å². The van der Waals surface area contributed by atoms with E-state index in [2.05, 4.69) is 5.32 Å². The molecule has 0 spiro atoms. The third kappa shape index (κ3) is 2.68. The van der Waals surface area contributed by atoms with E-state index in [0.29, 0.717) is 25.2 Å². The third-order valence-electron chi connectivity index (χ3n) is 4.27. The summed E-state index contributed by atoms with van der Waals surface area (Å²) in [7, 11) is 0. The number of benzene rings is 1. The summed E-state index contributed by atoms with van der Waals surface area (Å²) in [5, 5.41) is 3.48. The molecule has 0 saturated carbocycles. The minimum Gasteiger partial charge on any atom is -0.341 e. The fraction of sp³-hybridized carbons (Fsp3) is 0.533. The van der Waals surface area contributed by atoms with Gasteiger partial charge in [0.2, 0.25) is 5.91 Å². The average Bonchev–Trinajstić information content (AvgIpc) is 2.73. The van der Waals surface area contributed by atoms with Crippen LogP contribution < -0.4 is 5.32 Å². The largest absolute Gasteiger partial charge is 0.341 e. The zero-order valence-corrected chi connectivity index (χ0v) is 11.2. The highest BCUT2D eigenvalue weighted by molar-refractivity contribution is 5.79. The Balaban J connectivity index is 1.70. The van der Waals surface area contributed by atoms with Crippen LogP contribution in [0.1, 0.15) is 24.8 Å². The molecule has 0 aliphatic carbocycles. The van der Waals surface area contributed by atoms with E-state index in [-0.39, 0.29) is 17.9 Å². The Hall–Kier alpha value is -1.49. The standard InChI is InChI=1S/C15H18F2N2O/c16-13-2-1-3-14(17)12(13)8-15(20)19-7-6-10-4-5-11(9-19)18-10/h1-3,10-11,18H,4-9H2. The maximum atomic E-state index is 13.6. The Labute approximate surface area is 117 Å². The molecule has 2 aliphatic rings. The quantitative estimate of drug-likeness (QED) is 0.897. The molecule has 3 rings (SSSR count). The summed E-state index contributed by atoms with van der Waals surface area (Å²) in [5.74, 6) is -1.48. The molecule has 1 amide bonds. The number of carbonyl (C=O) groups excluding carboxylic acids is 1. The van der Waals surface area contributed by atoms with Crippen LogP contribution >= 0.6 is 0 Å². The molecular formula is C15H18F2N2O. The van der Waals surface area contributed by atoms with E-state index in [0.717, 1.165) is 19.3 Å². The molecule has 2 unspecified atom stereocenters. The minimum absolute atomic E-state index is 0.125. The van der Waals surface area contributed by atoms with Crippen LogP contribution in [0.25, 0.3) is 0 Å². The summed E-state index contributed by atoms with van der Waals surface area (Å²) in [4.78, 5) is 14.0. The molecule has 0 radical (unpaired) electrons. The number of hydrogen-bond donors (Lipinski definition) is 1. The van der Waals surface area contributed by atoms with Crippen LogP contribution in [0.4, 0.5) is 8.78 Å². The van der Waals surface area contributed by atoms with Crippen LogP contribution in [0.3, 0.4) is 0 Å². The summed E-state index contributed by atoms with van der Waals surface area (Å²) in [6, 6.07) is 4.52. The van der Waals surface area contributed by atoms with Crippen LogP contribution in [-0.4, -0.2) is 36.0 Å². The molecule has 1 aromatic rings. The predicted molar refractivity (Wildman–Crippen MR) is 71.2 cm³/mol. The van der Waals surface area contributed by atoms with Crippen LogP contribution in [-0.2, 0) is 11.2 Å². The first-order chi connectivity index (χ1) is 9.63. The van der Waals surface area contributed by atoms with E-state index in [1.807, 2.05) is 0 Å². The smallest absolute Gasteiger partial charge is 0.227 e. The van der Waals surface area contributed by atoms with Crippen molar-refractivity contribution in [2.24, 2.45) is 0 Å². The lowest BCUT2D eigenvalue weighted by Gasteiger charge is -2.24. The second kappa shape index (κ2) is 5.48.